The first-order valence-electron chi connectivity index (χ1n) is 7.03. The van der Waals surface area contributed by atoms with E-state index in [1.54, 1.807) is 0 Å². The van der Waals surface area contributed by atoms with Gasteiger partial charge in [0, 0.05) is 12.7 Å². The molecule has 0 amide bonds. The van der Waals surface area contributed by atoms with Crippen molar-refractivity contribution in [1.82, 2.24) is 9.78 Å². The van der Waals surface area contributed by atoms with Crippen LogP contribution in [0.15, 0.2) is 54.7 Å². The normalized spacial score (nSPS) is 12.7. The molecule has 0 radical (unpaired) electrons. The topological polar surface area (TPSA) is 43.8 Å². The highest BCUT2D eigenvalue weighted by Gasteiger charge is 2.11. The van der Waals surface area contributed by atoms with Crippen LogP contribution in [0.4, 0.5) is 0 Å². The number of aromatic nitrogens is 2. The van der Waals surface area contributed by atoms with Crippen LogP contribution in [0.25, 0.3) is 10.8 Å². The zero-order valence-electron chi connectivity index (χ0n) is 11.7. The second kappa shape index (κ2) is 5.47. The van der Waals surface area contributed by atoms with Gasteiger partial charge in [0.15, 0.2) is 0 Å². The number of aryl methyl sites for hydroxylation is 1. The van der Waals surface area contributed by atoms with Crippen molar-refractivity contribution in [3.05, 3.63) is 66.0 Å². The summed E-state index contributed by atoms with van der Waals surface area (Å²) in [4.78, 5) is 0. The van der Waals surface area contributed by atoms with E-state index in [4.69, 9.17) is 5.73 Å². The highest BCUT2D eigenvalue weighted by Crippen LogP contribution is 2.20. The Labute approximate surface area is 119 Å². The number of benzene rings is 2. The third kappa shape index (κ3) is 2.45. The summed E-state index contributed by atoms with van der Waals surface area (Å²) >= 11 is 0. The van der Waals surface area contributed by atoms with Gasteiger partial charge in [-0.3, -0.25) is 4.68 Å². The molecule has 0 aliphatic rings. The predicted octanol–water partition coefficient (Wildman–Crippen LogP) is 3.30. The molecule has 1 atom stereocenters. The standard InChI is InChI=1S/C17H19N3/c1-2-20-17(9-10-19-20)16(18)12-13-7-8-14-5-3-4-6-15(14)11-13/h3-11,16H,2,12,18H2,1H3. The fraction of sp³-hybridized carbons (Fsp3) is 0.235. The number of hydrogen-bond donors (Lipinski definition) is 1. The Balaban J connectivity index is 1.85. The molecule has 102 valence electrons. The van der Waals surface area contributed by atoms with E-state index in [-0.39, 0.29) is 6.04 Å². The highest BCUT2D eigenvalue weighted by molar-refractivity contribution is 5.83. The van der Waals surface area contributed by atoms with Crippen molar-refractivity contribution in [1.29, 1.82) is 0 Å². The van der Waals surface area contributed by atoms with Crippen molar-refractivity contribution in [2.45, 2.75) is 25.9 Å². The summed E-state index contributed by atoms with van der Waals surface area (Å²) in [5.41, 5.74) is 8.69. The van der Waals surface area contributed by atoms with Gasteiger partial charge in [-0.1, -0.05) is 42.5 Å². The van der Waals surface area contributed by atoms with Crippen molar-refractivity contribution in [3.8, 4) is 0 Å². The molecule has 1 unspecified atom stereocenters. The Morgan fingerprint density at radius 3 is 2.70 bits per heavy atom. The van der Waals surface area contributed by atoms with Crippen molar-refractivity contribution >= 4 is 10.8 Å². The quantitative estimate of drug-likeness (QED) is 0.786. The maximum atomic E-state index is 6.33. The Bertz CT molecular complexity index is 715. The second-order valence-corrected chi connectivity index (χ2v) is 5.06. The van der Waals surface area contributed by atoms with Gasteiger partial charge in [0.1, 0.15) is 0 Å². The molecule has 3 aromatic rings. The van der Waals surface area contributed by atoms with E-state index in [0.29, 0.717) is 0 Å². The molecule has 20 heavy (non-hydrogen) atoms. The van der Waals surface area contributed by atoms with Crippen LogP contribution in [-0.2, 0) is 13.0 Å². The maximum absolute atomic E-state index is 6.33. The van der Waals surface area contributed by atoms with Crippen LogP contribution in [0.5, 0.6) is 0 Å². The fourth-order valence-corrected chi connectivity index (χ4v) is 2.65. The average Bonchev–Trinajstić information content (AvgIpc) is 2.95. The molecule has 0 aliphatic heterocycles. The zero-order valence-corrected chi connectivity index (χ0v) is 11.7. The van der Waals surface area contributed by atoms with E-state index in [1.165, 1.54) is 16.3 Å². The molecular weight excluding hydrogens is 246 g/mol. The van der Waals surface area contributed by atoms with Gasteiger partial charge in [0.05, 0.1) is 11.7 Å². The Morgan fingerprint density at radius 1 is 1.10 bits per heavy atom. The molecule has 0 bridgehead atoms. The van der Waals surface area contributed by atoms with E-state index in [9.17, 15) is 0 Å². The first kappa shape index (κ1) is 12.9. The van der Waals surface area contributed by atoms with E-state index in [1.807, 2.05) is 16.9 Å². The summed E-state index contributed by atoms with van der Waals surface area (Å²) in [6.07, 6.45) is 2.65. The summed E-state index contributed by atoms with van der Waals surface area (Å²) < 4.78 is 1.96. The molecule has 0 saturated carbocycles. The summed E-state index contributed by atoms with van der Waals surface area (Å²) in [5, 5.41) is 6.82. The summed E-state index contributed by atoms with van der Waals surface area (Å²) in [6, 6.07) is 16.9. The molecule has 1 heterocycles. The van der Waals surface area contributed by atoms with E-state index in [0.717, 1.165) is 18.7 Å². The van der Waals surface area contributed by atoms with Gasteiger partial charge in [-0.15, -0.1) is 0 Å². The van der Waals surface area contributed by atoms with Crippen molar-refractivity contribution in [3.63, 3.8) is 0 Å². The number of fused-ring (bicyclic) bond motifs is 1. The first-order valence-corrected chi connectivity index (χ1v) is 7.03. The highest BCUT2D eigenvalue weighted by atomic mass is 15.3. The SMILES string of the molecule is CCn1nccc1C(N)Cc1ccc2ccccc2c1. The van der Waals surface area contributed by atoms with Gasteiger partial charge < -0.3 is 5.73 Å². The number of hydrogen-bond acceptors (Lipinski definition) is 2. The smallest absolute Gasteiger partial charge is 0.0554 e. The zero-order chi connectivity index (χ0) is 13.9. The van der Waals surface area contributed by atoms with Gasteiger partial charge >= 0.3 is 0 Å². The van der Waals surface area contributed by atoms with Crippen molar-refractivity contribution in [2.24, 2.45) is 5.73 Å². The molecule has 2 N–H and O–H groups in total. The largest absolute Gasteiger partial charge is 0.322 e. The van der Waals surface area contributed by atoms with Gasteiger partial charge in [0.25, 0.3) is 0 Å². The molecule has 0 spiro atoms. The average molecular weight is 265 g/mol. The Morgan fingerprint density at radius 2 is 1.90 bits per heavy atom. The van der Waals surface area contributed by atoms with Crippen LogP contribution in [0.2, 0.25) is 0 Å². The van der Waals surface area contributed by atoms with Crippen LogP contribution >= 0.6 is 0 Å². The monoisotopic (exact) mass is 265 g/mol. The minimum atomic E-state index is -0.0152. The molecule has 0 saturated heterocycles. The minimum absolute atomic E-state index is 0.0152. The van der Waals surface area contributed by atoms with Gasteiger partial charge in [-0.2, -0.15) is 5.10 Å². The molecule has 3 heteroatoms. The summed E-state index contributed by atoms with van der Waals surface area (Å²) in [7, 11) is 0. The number of rotatable bonds is 4. The van der Waals surface area contributed by atoms with Crippen LogP contribution in [0, 0.1) is 0 Å². The van der Waals surface area contributed by atoms with Gasteiger partial charge in [-0.25, -0.2) is 0 Å². The third-order valence-corrected chi connectivity index (χ3v) is 3.70. The van der Waals surface area contributed by atoms with Crippen LogP contribution in [0.3, 0.4) is 0 Å². The van der Waals surface area contributed by atoms with Crippen molar-refractivity contribution in [2.75, 3.05) is 0 Å². The molecule has 1 aromatic heterocycles. The fourth-order valence-electron chi connectivity index (χ4n) is 2.65. The second-order valence-electron chi connectivity index (χ2n) is 5.06. The minimum Gasteiger partial charge on any atom is -0.322 e. The van der Waals surface area contributed by atoms with E-state index in [2.05, 4.69) is 54.5 Å². The number of nitrogens with two attached hydrogens (primary N) is 1. The molecule has 3 nitrogen and oxygen atoms in total. The van der Waals surface area contributed by atoms with Gasteiger partial charge in [-0.05, 0) is 35.7 Å². The number of nitrogens with zero attached hydrogens (tertiary/aromatic N) is 2. The molecule has 0 aliphatic carbocycles. The predicted molar refractivity (Wildman–Crippen MR) is 82.5 cm³/mol. The molecule has 3 rings (SSSR count). The van der Waals surface area contributed by atoms with E-state index >= 15 is 0 Å². The molecule has 0 fully saturated rings. The molecule has 2 aromatic carbocycles. The van der Waals surface area contributed by atoms with E-state index < -0.39 is 0 Å². The Kier molecular flexibility index (Phi) is 3.52. The van der Waals surface area contributed by atoms with Crippen LogP contribution < -0.4 is 5.73 Å². The molecular formula is C17H19N3. The van der Waals surface area contributed by atoms with Crippen LogP contribution in [-0.4, -0.2) is 9.78 Å². The lowest BCUT2D eigenvalue weighted by atomic mass is 10.0. The third-order valence-electron chi connectivity index (χ3n) is 3.70. The van der Waals surface area contributed by atoms with Crippen molar-refractivity contribution < 1.29 is 0 Å². The lowest BCUT2D eigenvalue weighted by molar-refractivity contribution is 0.569. The lowest BCUT2D eigenvalue weighted by Crippen LogP contribution is -2.18. The Hall–Kier alpha value is -2.13. The summed E-state index contributed by atoms with van der Waals surface area (Å²) in [6.45, 7) is 2.94. The first-order chi connectivity index (χ1) is 9.78. The summed E-state index contributed by atoms with van der Waals surface area (Å²) in [5.74, 6) is 0. The lowest BCUT2D eigenvalue weighted by Gasteiger charge is -2.14. The van der Waals surface area contributed by atoms with Gasteiger partial charge in [0.2, 0.25) is 0 Å². The van der Waals surface area contributed by atoms with Crippen LogP contribution in [0.1, 0.15) is 24.2 Å². The maximum Gasteiger partial charge on any atom is 0.0554 e.